The second kappa shape index (κ2) is 7.38. The van der Waals surface area contributed by atoms with Crippen LogP contribution in [0.1, 0.15) is 10.4 Å². The number of nitrogens with zero attached hydrogens (tertiary/aromatic N) is 1. The van der Waals surface area contributed by atoms with Crippen molar-refractivity contribution in [2.75, 3.05) is 22.1 Å². The fraction of sp³-hybridized carbons (Fsp3) is 0.222. The Hall–Kier alpha value is -2.10. The van der Waals surface area contributed by atoms with E-state index >= 15 is 0 Å². The van der Waals surface area contributed by atoms with Crippen LogP contribution in [0.4, 0.5) is 15.8 Å². The molecule has 0 spiro atoms. The summed E-state index contributed by atoms with van der Waals surface area (Å²) in [5.74, 6) is -0.641. The summed E-state index contributed by atoms with van der Waals surface area (Å²) in [4.78, 5) is 16.7. The van der Waals surface area contributed by atoms with Gasteiger partial charge in [-0.2, -0.15) is 0 Å². The number of amidine groups is 1. The normalized spacial score (nSPS) is 22.4. The molecule has 0 unspecified atom stereocenters. The molecule has 2 aliphatic rings. The number of thioether (sulfide) groups is 1. The van der Waals surface area contributed by atoms with Gasteiger partial charge in [-0.1, -0.05) is 23.4 Å². The van der Waals surface area contributed by atoms with E-state index in [9.17, 15) is 17.6 Å². The molecule has 0 saturated carbocycles. The Balaban J connectivity index is 1.39. The van der Waals surface area contributed by atoms with Crippen molar-refractivity contribution in [3.63, 3.8) is 0 Å². The molecule has 2 atom stereocenters. The molecule has 6 nitrogen and oxygen atoms in total. The first-order chi connectivity index (χ1) is 13.3. The molecule has 2 aromatic carbocycles. The molecule has 2 aliphatic heterocycles. The summed E-state index contributed by atoms with van der Waals surface area (Å²) in [6.45, 7) is 0. The van der Waals surface area contributed by atoms with Crippen LogP contribution in [0.15, 0.2) is 47.5 Å². The molecule has 2 aromatic rings. The third-order valence-corrected chi connectivity index (χ3v) is 7.83. The number of hydrogen-bond acceptors (Lipinski definition) is 6. The van der Waals surface area contributed by atoms with Crippen LogP contribution in [0.2, 0.25) is 5.02 Å². The van der Waals surface area contributed by atoms with Crippen LogP contribution in [-0.4, -0.2) is 42.3 Å². The Morgan fingerprint density at radius 2 is 1.86 bits per heavy atom. The molecule has 146 valence electrons. The lowest BCUT2D eigenvalue weighted by molar-refractivity contribution is 0.102. The Bertz CT molecular complexity index is 1070. The first-order valence-electron chi connectivity index (χ1n) is 8.37. The van der Waals surface area contributed by atoms with Crippen LogP contribution in [0, 0.1) is 5.82 Å². The van der Waals surface area contributed by atoms with Gasteiger partial charge in [-0.25, -0.2) is 12.8 Å². The van der Waals surface area contributed by atoms with Gasteiger partial charge in [-0.15, -0.1) is 0 Å². The van der Waals surface area contributed by atoms with Gasteiger partial charge in [0, 0.05) is 22.2 Å². The molecule has 0 bridgehead atoms. The second-order valence-corrected chi connectivity index (χ2v) is 10.3. The van der Waals surface area contributed by atoms with Crippen LogP contribution in [-0.2, 0) is 9.84 Å². The molecule has 1 saturated heterocycles. The fourth-order valence-corrected chi connectivity index (χ4v) is 6.88. The summed E-state index contributed by atoms with van der Waals surface area (Å²) < 4.78 is 36.4. The highest BCUT2D eigenvalue weighted by molar-refractivity contribution is 8.15. The van der Waals surface area contributed by atoms with Gasteiger partial charge in [0.1, 0.15) is 5.82 Å². The van der Waals surface area contributed by atoms with E-state index in [4.69, 9.17) is 11.6 Å². The van der Waals surface area contributed by atoms with E-state index in [-0.39, 0.29) is 33.7 Å². The van der Waals surface area contributed by atoms with Crippen molar-refractivity contribution in [3.05, 3.63) is 58.9 Å². The van der Waals surface area contributed by atoms with Gasteiger partial charge in [0.2, 0.25) is 0 Å². The molecule has 2 N–H and O–H groups in total. The lowest BCUT2D eigenvalue weighted by atomic mass is 10.2. The lowest BCUT2D eigenvalue weighted by Crippen LogP contribution is -2.13. The van der Waals surface area contributed by atoms with Gasteiger partial charge in [-0.3, -0.25) is 9.79 Å². The number of fused-ring (bicyclic) bond motifs is 1. The van der Waals surface area contributed by atoms with Crippen LogP contribution in [0.5, 0.6) is 0 Å². The predicted molar refractivity (Wildman–Crippen MR) is 111 cm³/mol. The monoisotopic (exact) mass is 439 g/mol. The largest absolute Gasteiger partial charge is 0.335 e. The molecule has 2 heterocycles. The molecule has 10 heteroatoms. The number of nitrogens with one attached hydrogen (secondary N) is 2. The number of sulfone groups is 1. The van der Waals surface area contributed by atoms with Gasteiger partial charge in [0.15, 0.2) is 15.0 Å². The summed E-state index contributed by atoms with van der Waals surface area (Å²) in [7, 11) is -2.98. The highest BCUT2D eigenvalue weighted by Crippen LogP contribution is 2.34. The van der Waals surface area contributed by atoms with Crippen molar-refractivity contribution in [1.82, 2.24) is 0 Å². The summed E-state index contributed by atoms with van der Waals surface area (Å²) in [5, 5.41) is 6.40. The maximum absolute atomic E-state index is 13.2. The van der Waals surface area contributed by atoms with Gasteiger partial charge in [0.05, 0.1) is 22.6 Å². The maximum atomic E-state index is 13.2. The zero-order chi connectivity index (χ0) is 19.9. The van der Waals surface area contributed by atoms with Gasteiger partial charge >= 0.3 is 0 Å². The van der Waals surface area contributed by atoms with E-state index < -0.39 is 15.7 Å². The minimum Gasteiger partial charge on any atom is -0.335 e. The zero-order valence-electron chi connectivity index (χ0n) is 14.4. The molecular weight excluding hydrogens is 425 g/mol. The van der Waals surface area contributed by atoms with E-state index in [2.05, 4.69) is 15.6 Å². The number of carbonyl (C=O) groups is 1. The number of rotatable bonds is 3. The quantitative estimate of drug-likeness (QED) is 0.765. The van der Waals surface area contributed by atoms with Crippen molar-refractivity contribution in [2.24, 2.45) is 4.99 Å². The average Bonchev–Trinajstić information content (AvgIpc) is 3.11. The Kier molecular flexibility index (Phi) is 5.07. The highest BCUT2D eigenvalue weighted by atomic mass is 35.5. The molecule has 1 fully saturated rings. The summed E-state index contributed by atoms with van der Waals surface area (Å²) in [6, 6.07) is 10.5. The predicted octanol–water partition coefficient (Wildman–Crippen LogP) is 3.41. The van der Waals surface area contributed by atoms with Gasteiger partial charge in [0.25, 0.3) is 5.91 Å². The average molecular weight is 440 g/mol. The van der Waals surface area contributed by atoms with E-state index in [1.807, 2.05) is 0 Å². The molecule has 4 rings (SSSR count). The lowest BCUT2D eigenvalue weighted by Gasteiger charge is -2.09. The molecule has 0 aromatic heterocycles. The zero-order valence-corrected chi connectivity index (χ0v) is 16.7. The number of benzene rings is 2. The molecule has 0 aliphatic carbocycles. The minimum atomic E-state index is -2.98. The van der Waals surface area contributed by atoms with Crippen LogP contribution in [0.25, 0.3) is 0 Å². The number of anilines is 2. The van der Waals surface area contributed by atoms with Crippen LogP contribution < -0.4 is 10.6 Å². The minimum absolute atomic E-state index is 0.0277. The van der Waals surface area contributed by atoms with E-state index in [0.29, 0.717) is 16.4 Å². The smallest absolute Gasteiger partial charge is 0.255 e. The third-order valence-electron chi connectivity index (χ3n) is 4.39. The summed E-state index contributed by atoms with van der Waals surface area (Å²) in [6.07, 6.45) is 0. The number of amides is 1. The molecule has 0 radical (unpaired) electrons. The first kappa shape index (κ1) is 19.2. The standard InChI is InChI=1S/C18H15ClFN3O3S2/c19-13-7-12(5-6-14(13)20)21-17(24)10-1-3-11(4-2-10)22-18-23-15-8-28(25,26)9-16(15)27-18/h1-7,15-16H,8-9H2,(H,21,24)(H,22,23)/t15-,16-/m1/s1. The topological polar surface area (TPSA) is 87.6 Å². The van der Waals surface area contributed by atoms with Crippen molar-refractivity contribution in [3.8, 4) is 0 Å². The second-order valence-electron chi connectivity index (χ2n) is 6.52. The Morgan fingerprint density at radius 1 is 1.14 bits per heavy atom. The highest BCUT2D eigenvalue weighted by Gasteiger charge is 2.42. The van der Waals surface area contributed by atoms with E-state index in [1.54, 1.807) is 24.3 Å². The number of carbonyl (C=O) groups excluding carboxylic acids is 1. The van der Waals surface area contributed by atoms with Crippen molar-refractivity contribution < 1.29 is 17.6 Å². The van der Waals surface area contributed by atoms with Crippen LogP contribution in [0.3, 0.4) is 0 Å². The number of halogens is 2. The van der Waals surface area contributed by atoms with Gasteiger partial charge in [-0.05, 0) is 42.5 Å². The summed E-state index contributed by atoms with van der Waals surface area (Å²) in [5.41, 5.74) is 1.57. The Morgan fingerprint density at radius 3 is 2.54 bits per heavy atom. The Labute approximate surface area is 170 Å². The number of hydrogen-bond donors (Lipinski definition) is 2. The first-order valence-corrected chi connectivity index (χ1v) is 11.5. The molecule has 28 heavy (non-hydrogen) atoms. The SMILES string of the molecule is O=C(Nc1ccc(F)c(Cl)c1)c1ccc(NC2=N[C@@H]3CS(=O)(=O)C[C@H]3S2)cc1. The van der Waals surface area contributed by atoms with Crippen molar-refractivity contribution >= 4 is 55.6 Å². The van der Waals surface area contributed by atoms with E-state index in [1.165, 1.54) is 30.0 Å². The van der Waals surface area contributed by atoms with Crippen molar-refractivity contribution in [2.45, 2.75) is 11.3 Å². The van der Waals surface area contributed by atoms with Gasteiger partial charge < -0.3 is 10.6 Å². The summed E-state index contributed by atoms with van der Waals surface area (Å²) >= 11 is 7.15. The number of aliphatic imine (C=N–C) groups is 1. The van der Waals surface area contributed by atoms with Crippen molar-refractivity contribution in [1.29, 1.82) is 0 Å². The molecular formula is C18H15ClFN3O3S2. The molecule has 1 amide bonds. The fourth-order valence-electron chi connectivity index (χ4n) is 3.02. The van der Waals surface area contributed by atoms with E-state index in [0.717, 1.165) is 5.69 Å². The van der Waals surface area contributed by atoms with Crippen LogP contribution >= 0.6 is 23.4 Å². The maximum Gasteiger partial charge on any atom is 0.255 e. The third kappa shape index (κ3) is 4.16.